The van der Waals surface area contributed by atoms with Gasteiger partial charge < -0.3 is 14.8 Å². The lowest BCUT2D eigenvalue weighted by molar-refractivity contribution is -0.150. The molecule has 6 nitrogen and oxygen atoms in total. The van der Waals surface area contributed by atoms with E-state index in [0.29, 0.717) is 0 Å². The normalized spacial score (nSPS) is 12.7. The number of carbonyl (C=O) groups is 2. The minimum Gasteiger partial charge on any atom is -0.496 e. The number of methoxy groups -OCH3 is 1. The maximum atomic E-state index is 12.2. The molecule has 0 bridgehead atoms. The number of nitrogens with zero attached hydrogens (tertiary/aromatic N) is 1. The van der Waals surface area contributed by atoms with Crippen molar-refractivity contribution in [3.05, 3.63) is 28.8 Å². The summed E-state index contributed by atoms with van der Waals surface area (Å²) < 4.78 is 10.3. The molecule has 1 aromatic rings. The van der Waals surface area contributed by atoms with Crippen LogP contribution in [0.5, 0.6) is 5.75 Å². The minimum absolute atomic E-state index is 0.0214. The Hall–Kier alpha value is -2.55. The molecule has 0 saturated carbocycles. The van der Waals surface area contributed by atoms with Crippen LogP contribution in [0, 0.1) is 25.2 Å². The van der Waals surface area contributed by atoms with Gasteiger partial charge in [-0.3, -0.25) is 4.79 Å². The smallest absolute Gasteiger partial charge is 0.347 e. The quantitative estimate of drug-likeness (QED) is 0.808. The van der Waals surface area contributed by atoms with E-state index in [1.807, 2.05) is 32.0 Å². The van der Waals surface area contributed by atoms with Crippen LogP contribution >= 0.6 is 0 Å². The summed E-state index contributed by atoms with van der Waals surface area (Å²) in [6, 6.07) is 5.57. The molecule has 1 atom stereocenters. The average Bonchev–Trinajstić information content (AvgIpc) is 2.45. The molecule has 124 valence electrons. The molecular formula is C17H22N2O4. The molecule has 23 heavy (non-hydrogen) atoms. The van der Waals surface area contributed by atoms with Crippen LogP contribution in [0.2, 0.25) is 0 Å². The first-order valence-electron chi connectivity index (χ1n) is 7.31. The first-order chi connectivity index (χ1) is 10.8. The third-order valence-corrected chi connectivity index (χ3v) is 3.40. The predicted molar refractivity (Wildman–Crippen MR) is 85.0 cm³/mol. The Morgan fingerprint density at radius 1 is 1.30 bits per heavy atom. The van der Waals surface area contributed by atoms with Gasteiger partial charge in [-0.2, -0.15) is 5.26 Å². The Morgan fingerprint density at radius 3 is 2.26 bits per heavy atom. The molecule has 0 radical (unpaired) electrons. The first-order valence-corrected chi connectivity index (χ1v) is 7.31. The van der Waals surface area contributed by atoms with E-state index in [-0.39, 0.29) is 13.0 Å². The van der Waals surface area contributed by atoms with Gasteiger partial charge in [0.05, 0.1) is 13.7 Å². The second kappa shape index (κ2) is 7.63. The van der Waals surface area contributed by atoms with E-state index in [2.05, 4.69) is 5.32 Å². The highest BCUT2D eigenvalue weighted by Crippen LogP contribution is 2.26. The maximum absolute atomic E-state index is 12.2. The lowest BCUT2D eigenvalue weighted by atomic mass is 9.90. The number of benzene rings is 1. The highest BCUT2D eigenvalue weighted by Gasteiger charge is 2.41. The van der Waals surface area contributed by atoms with Crippen LogP contribution in [0.3, 0.4) is 0 Å². The van der Waals surface area contributed by atoms with E-state index in [1.54, 1.807) is 14.0 Å². The van der Waals surface area contributed by atoms with Crippen molar-refractivity contribution in [3.63, 3.8) is 0 Å². The van der Waals surface area contributed by atoms with Gasteiger partial charge in [-0.1, -0.05) is 12.1 Å². The van der Waals surface area contributed by atoms with Gasteiger partial charge in [0, 0.05) is 13.3 Å². The molecule has 0 heterocycles. The van der Waals surface area contributed by atoms with E-state index < -0.39 is 17.4 Å². The summed E-state index contributed by atoms with van der Waals surface area (Å²) in [6.07, 6.45) is 0.0214. The zero-order chi connectivity index (χ0) is 17.6. The molecule has 0 aliphatic carbocycles. The van der Waals surface area contributed by atoms with Gasteiger partial charge in [0.25, 0.3) is 0 Å². The molecule has 0 aromatic heterocycles. The van der Waals surface area contributed by atoms with Crippen LogP contribution in [-0.2, 0) is 20.7 Å². The molecule has 6 heteroatoms. The van der Waals surface area contributed by atoms with Crippen molar-refractivity contribution < 1.29 is 19.1 Å². The van der Waals surface area contributed by atoms with Gasteiger partial charge in [-0.05, 0) is 37.5 Å². The van der Waals surface area contributed by atoms with Crippen LogP contribution in [0.1, 0.15) is 30.5 Å². The molecule has 1 rings (SSSR count). The number of nitrogens with one attached hydrogen (secondary N) is 1. The van der Waals surface area contributed by atoms with Crippen LogP contribution < -0.4 is 10.1 Å². The van der Waals surface area contributed by atoms with Gasteiger partial charge in [0.1, 0.15) is 11.8 Å². The van der Waals surface area contributed by atoms with Gasteiger partial charge in [0.2, 0.25) is 11.4 Å². The molecule has 0 fully saturated rings. The highest BCUT2D eigenvalue weighted by molar-refractivity contribution is 5.90. The number of aryl methyl sites for hydroxylation is 2. The lowest BCUT2D eigenvalue weighted by Gasteiger charge is -2.25. The monoisotopic (exact) mass is 318 g/mol. The Balaban J connectivity index is 3.28. The largest absolute Gasteiger partial charge is 0.496 e. The van der Waals surface area contributed by atoms with Gasteiger partial charge >= 0.3 is 5.97 Å². The fraction of sp³-hybridized carbons (Fsp3) is 0.471. The Bertz CT molecular complexity index is 625. The standard InChI is InChI=1S/C17H22N2O4/c1-6-23-16(21)17(10-18,19-13(4)20)9-14-7-11(2)15(22-5)12(3)8-14/h7-8H,6,9H2,1-5H3,(H,19,20)/t17-/m1/s1. The van der Waals surface area contributed by atoms with Crippen molar-refractivity contribution in [1.82, 2.24) is 5.32 Å². The molecule has 1 amide bonds. The summed E-state index contributed by atoms with van der Waals surface area (Å²) >= 11 is 0. The van der Waals surface area contributed by atoms with Crippen molar-refractivity contribution >= 4 is 11.9 Å². The number of esters is 1. The van der Waals surface area contributed by atoms with Crippen LogP contribution in [0.15, 0.2) is 12.1 Å². The molecule has 0 aliphatic rings. The number of ether oxygens (including phenoxy) is 2. The molecule has 0 saturated heterocycles. The summed E-state index contributed by atoms with van der Waals surface area (Å²) in [5.74, 6) is -0.475. The van der Waals surface area contributed by atoms with Crippen molar-refractivity contribution in [2.75, 3.05) is 13.7 Å². The predicted octanol–water partition coefficient (Wildman–Crippen LogP) is 1.82. The minimum atomic E-state index is -1.74. The number of carbonyl (C=O) groups excluding carboxylic acids is 2. The molecule has 1 N–H and O–H groups in total. The molecule has 1 aromatic carbocycles. The number of rotatable bonds is 6. The van der Waals surface area contributed by atoms with E-state index in [9.17, 15) is 14.9 Å². The van der Waals surface area contributed by atoms with E-state index in [1.165, 1.54) is 6.92 Å². The average molecular weight is 318 g/mol. The van der Waals surface area contributed by atoms with Gasteiger partial charge in [-0.15, -0.1) is 0 Å². The number of hydrogen-bond acceptors (Lipinski definition) is 5. The summed E-state index contributed by atoms with van der Waals surface area (Å²) in [5, 5.41) is 12.0. The van der Waals surface area contributed by atoms with E-state index in [0.717, 1.165) is 22.4 Å². The van der Waals surface area contributed by atoms with Crippen molar-refractivity contribution in [3.8, 4) is 11.8 Å². The maximum Gasteiger partial charge on any atom is 0.347 e. The van der Waals surface area contributed by atoms with Crippen molar-refractivity contribution in [2.24, 2.45) is 0 Å². The first kappa shape index (κ1) is 18.5. The topological polar surface area (TPSA) is 88.4 Å². The highest BCUT2D eigenvalue weighted by atomic mass is 16.5. The van der Waals surface area contributed by atoms with E-state index in [4.69, 9.17) is 9.47 Å². The van der Waals surface area contributed by atoms with Gasteiger partial charge in [0.15, 0.2) is 0 Å². The summed E-state index contributed by atoms with van der Waals surface area (Å²) in [5.41, 5.74) is 0.779. The Kier molecular flexibility index (Phi) is 6.14. The fourth-order valence-corrected chi connectivity index (χ4v) is 2.61. The molecular weight excluding hydrogens is 296 g/mol. The second-order valence-electron chi connectivity index (χ2n) is 5.36. The van der Waals surface area contributed by atoms with Crippen LogP contribution in [0.25, 0.3) is 0 Å². The molecule has 0 aliphatic heterocycles. The molecule has 0 spiro atoms. The third kappa shape index (κ3) is 4.22. The fourth-order valence-electron chi connectivity index (χ4n) is 2.61. The SMILES string of the molecule is CCOC(=O)[C@](C#N)(Cc1cc(C)c(OC)c(C)c1)NC(C)=O. The summed E-state index contributed by atoms with van der Waals surface area (Å²) in [7, 11) is 1.59. The number of amides is 1. The van der Waals surface area contributed by atoms with E-state index >= 15 is 0 Å². The molecule has 0 unspecified atom stereocenters. The Labute approximate surface area is 136 Å². The third-order valence-electron chi connectivity index (χ3n) is 3.40. The lowest BCUT2D eigenvalue weighted by Crippen LogP contribution is -2.55. The van der Waals surface area contributed by atoms with Crippen molar-refractivity contribution in [2.45, 2.75) is 39.7 Å². The van der Waals surface area contributed by atoms with Gasteiger partial charge in [-0.25, -0.2) is 4.79 Å². The summed E-state index contributed by atoms with van der Waals surface area (Å²) in [6.45, 7) is 6.80. The second-order valence-corrected chi connectivity index (χ2v) is 5.36. The number of nitriles is 1. The zero-order valence-electron chi connectivity index (χ0n) is 14.1. The van der Waals surface area contributed by atoms with Crippen LogP contribution in [-0.4, -0.2) is 31.1 Å². The number of hydrogen-bond donors (Lipinski definition) is 1. The zero-order valence-corrected chi connectivity index (χ0v) is 14.1. The Morgan fingerprint density at radius 2 is 1.87 bits per heavy atom. The summed E-state index contributed by atoms with van der Waals surface area (Å²) in [4.78, 5) is 23.7. The van der Waals surface area contributed by atoms with Crippen LogP contribution in [0.4, 0.5) is 0 Å². The van der Waals surface area contributed by atoms with Crippen molar-refractivity contribution in [1.29, 1.82) is 5.26 Å².